The molecule has 0 radical (unpaired) electrons. The maximum atomic E-state index is 12.0. The van der Waals surface area contributed by atoms with Crippen LogP contribution in [-0.2, 0) is 19.6 Å². The number of rotatable bonds is 6. The Morgan fingerprint density at radius 3 is 2.42 bits per heavy atom. The van der Waals surface area contributed by atoms with E-state index in [1.165, 1.54) is 25.3 Å². The predicted molar refractivity (Wildman–Crippen MR) is 88.0 cm³/mol. The number of hydrogen-bond acceptors (Lipinski definition) is 5. The molecule has 0 aliphatic heterocycles. The van der Waals surface area contributed by atoms with Crippen molar-refractivity contribution in [1.82, 2.24) is 4.72 Å². The Morgan fingerprint density at radius 2 is 1.75 bits per heavy atom. The molecule has 0 saturated heterocycles. The van der Waals surface area contributed by atoms with E-state index in [-0.39, 0.29) is 10.5 Å². The van der Waals surface area contributed by atoms with Crippen LogP contribution in [0, 0.1) is 0 Å². The van der Waals surface area contributed by atoms with Crippen LogP contribution in [0.25, 0.3) is 0 Å². The average molecular weight is 348 g/mol. The van der Waals surface area contributed by atoms with Gasteiger partial charge in [0.1, 0.15) is 0 Å². The van der Waals surface area contributed by atoms with Crippen molar-refractivity contribution < 1.29 is 22.7 Å². The highest BCUT2D eigenvalue weighted by Gasteiger charge is 2.15. The van der Waals surface area contributed by atoms with E-state index < -0.39 is 28.4 Å². The maximum Gasteiger partial charge on any atom is 0.337 e. The average Bonchev–Trinajstić information content (AvgIpc) is 2.60. The molecule has 126 valence electrons. The molecule has 2 aromatic rings. The summed E-state index contributed by atoms with van der Waals surface area (Å²) in [6.07, 6.45) is 0. The Kier molecular flexibility index (Phi) is 5.67. The van der Waals surface area contributed by atoms with Crippen molar-refractivity contribution in [2.75, 3.05) is 19.0 Å². The number of esters is 1. The highest BCUT2D eigenvalue weighted by Crippen LogP contribution is 2.11. The van der Waals surface area contributed by atoms with E-state index in [4.69, 9.17) is 0 Å². The lowest BCUT2D eigenvalue weighted by Gasteiger charge is -2.08. The predicted octanol–water partition coefficient (Wildman–Crippen LogP) is 1.39. The molecule has 0 atom stereocenters. The summed E-state index contributed by atoms with van der Waals surface area (Å²) in [5.74, 6) is -1.09. The van der Waals surface area contributed by atoms with E-state index in [0.717, 1.165) is 0 Å². The summed E-state index contributed by atoms with van der Waals surface area (Å²) < 4.78 is 30.8. The number of hydrogen-bond donors (Lipinski definition) is 2. The number of carbonyl (C=O) groups excluding carboxylic acids is 2. The molecule has 0 bridgehead atoms. The number of sulfonamides is 1. The largest absolute Gasteiger partial charge is 0.465 e. The molecule has 0 aromatic heterocycles. The number of anilines is 1. The van der Waals surface area contributed by atoms with Crippen LogP contribution >= 0.6 is 0 Å². The van der Waals surface area contributed by atoms with Crippen molar-refractivity contribution in [3.8, 4) is 0 Å². The lowest BCUT2D eigenvalue weighted by molar-refractivity contribution is -0.115. The van der Waals surface area contributed by atoms with Crippen LogP contribution in [0.5, 0.6) is 0 Å². The molecule has 7 nitrogen and oxygen atoms in total. The molecule has 0 fully saturated rings. The highest BCUT2D eigenvalue weighted by atomic mass is 32.2. The second kappa shape index (κ2) is 7.71. The maximum absolute atomic E-state index is 12.0. The Balaban J connectivity index is 1.98. The zero-order valence-electron chi connectivity index (χ0n) is 12.9. The van der Waals surface area contributed by atoms with Gasteiger partial charge in [0, 0.05) is 5.69 Å². The normalized spacial score (nSPS) is 10.9. The quantitative estimate of drug-likeness (QED) is 0.768. The van der Waals surface area contributed by atoms with Gasteiger partial charge < -0.3 is 10.1 Å². The molecule has 0 unspecified atom stereocenters. The number of methoxy groups -OCH3 is 1. The van der Waals surface area contributed by atoms with E-state index in [2.05, 4.69) is 14.8 Å². The molecule has 0 spiro atoms. The lowest BCUT2D eigenvalue weighted by Crippen LogP contribution is -2.32. The van der Waals surface area contributed by atoms with Crippen molar-refractivity contribution in [2.24, 2.45) is 0 Å². The molecule has 24 heavy (non-hydrogen) atoms. The monoisotopic (exact) mass is 348 g/mol. The summed E-state index contributed by atoms with van der Waals surface area (Å²) in [4.78, 5) is 23.4. The first-order chi connectivity index (χ1) is 11.4. The van der Waals surface area contributed by atoms with Crippen LogP contribution in [0.4, 0.5) is 5.69 Å². The number of ether oxygens (including phenoxy) is 1. The van der Waals surface area contributed by atoms with Gasteiger partial charge in [0.05, 0.1) is 24.1 Å². The number of carbonyl (C=O) groups is 2. The first kappa shape index (κ1) is 17.6. The molecule has 2 N–H and O–H groups in total. The number of benzene rings is 2. The Bertz CT molecular complexity index is 835. The Labute approximate surface area is 139 Å². The van der Waals surface area contributed by atoms with E-state index in [1.807, 2.05) is 0 Å². The molecule has 1 amide bonds. The van der Waals surface area contributed by atoms with Crippen LogP contribution in [0.3, 0.4) is 0 Å². The van der Waals surface area contributed by atoms with Crippen molar-refractivity contribution in [1.29, 1.82) is 0 Å². The molecule has 0 aliphatic carbocycles. The lowest BCUT2D eigenvalue weighted by atomic mass is 10.2. The van der Waals surface area contributed by atoms with Crippen molar-refractivity contribution in [3.63, 3.8) is 0 Å². The smallest absolute Gasteiger partial charge is 0.337 e. The van der Waals surface area contributed by atoms with Gasteiger partial charge in [0.25, 0.3) is 0 Å². The van der Waals surface area contributed by atoms with Crippen LogP contribution in [-0.4, -0.2) is 33.9 Å². The van der Waals surface area contributed by atoms with E-state index >= 15 is 0 Å². The van der Waals surface area contributed by atoms with E-state index in [9.17, 15) is 18.0 Å². The summed E-state index contributed by atoms with van der Waals surface area (Å²) in [7, 11) is -2.50. The second-order valence-corrected chi connectivity index (χ2v) is 6.53. The zero-order chi connectivity index (χ0) is 17.6. The third kappa shape index (κ3) is 4.64. The van der Waals surface area contributed by atoms with Gasteiger partial charge in [-0.05, 0) is 30.3 Å². The van der Waals surface area contributed by atoms with Gasteiger partial charge in [-0.1, -0.05) is 24.3 Å². The Hall–Kier alpha value is -2.71. The molecule has 8 heteroatoms. The van der Waals surface area contributed by atoms with Gasteiger partial charge in [0.15, 0.2) is 0 Å². The van der Waals surface area contributed by atoms with Crippen LogP contribution in [0.1, 0.15) is 10.4 Å². The summed E-state index contributed by atoms with van der Waals surface area (Å²) in [6, 6.07) is 13.9. The fourth-order valence-electron chi connectivity index (χ4n) is 1.89. The third-order valence-electron chi connectivity index (χ3n) is 3.04. The summed E-state index contributed by atoms with van der Waals surface area (Å²) >= 11 is 0. The standard InChI is InChI=1S/C16H16N2O5S/c1-23-16(20)12-6-5-7-13(10-12)18-15(19)11-17-24(21,22)14-8-3-2-4-9-14/h2-10,17H,11H2,1H3,(H,18,19). The van der Waals surface area contributed by atoms with Gasteiger partial charge in [-0.25, -0.2) is 17.9 Å². The minimum absolute atomic E-state index is 0.0745. The molecule has 2 rings (SSSR count). The third-order valence-corrected chi connectivity index (χ3v) is 4.46. The van der Waals surface area contributed by atoms with Crippen LogP contribution in [0.2, 0.25) is 0 Å². The van der Waals surface area contributed by atoms with Crippen LogP contribution in [0.15, 0.2) is 59.5 Å². The summed E-state index contributed by atoms with van der Waals surface area (Å²) in [6.45, 7) is -0.431. The van der Waals surface area contributed by atoms with Crippen molar-refractivity contribution in [3.05, 3.63) is 60.2 Å². The molecule has 2 aromatic carbocycles. The fourth-order valence-corrected chi connectivity index (χ4v) is 2.89. The first-order valence-corrected chi connectivity index (χ1v) is 8.43. The fraction of sp³-hybridized carbons (Fsp3) is 0.125. The van der Waals surface area contributed by atoms with E-state index in [1.54, 1.807) is 36.4 Å². The van der Waals surface area contributed by atoms with Crippen LogP contribution < -0.4 is 10.0 Å². The Morgan fingerprint density at radius 1 is 1.04 bits per heavy atom. The van der Waals surface area contributed by atoms with Gasteiger partial charge in [-0.15, -0.1) is 0 Å². The minimum atomic E-state index is -3.76. The SMILES string of the molecule is COC(=O)c1cccc(NC(=O)CNS(=O)(=O)c2ccccc2)c1. The van der Waals surface area contributed by atoms with E-state index in [0.29, 0.717) is 5.69 Å². The van der Waals surface area contributed by atoms with Gasteiger partial charge in [-0.3, -0.25) is 4.79 Å². The van der Waals surface area contributed by atoms with Crippen molar-refractivity contribution >= 4 is 27.6 Å². The summed E-state index contributed by atoms with van der Waals surface area (Å²) in [5.41, 5.74) is 0.641. The molecular formula is C16H16N2O5S. The van der Waals surface area contributed by atoms with Gasteiger partial charge in [0.2, 0.25) is 15.9 Å². The number of amides is 1. The second-order valence-electron chi connectivity index (χ2n) is 4.76. The molecule has 0 aliphatic rings. The molecular weight excluding hydrogens is 332 g/mol. The topological polar surface area (TPSA) is 102 Å². The first-order valence-electron chi connectivity index (χ1n) is 6.95. The molecule has 0 heterocycles. The summed E-state index contributed by atoms with van der Waals surface area (Å²) in [5, 5.41) is 2.51. The minimum Gasteiger partial charge on any atom is -0.465 e. The van der Waals surface area contributed by atoms with Gasteiger partial charge >= 0.3 is 5.97 Å². The highest BCUT2D eigenvalue weighted by molar-refractivity contribution is 7.89. The van der Waals surface area contributed by atoms with Crippen molar-refractivity contribution in [2.45, 2.75) is 4.90 Å². The number of nitrogens with one attached hydrogen (secondary N) is 2. The zero-order valence-corrected chi connectivity index (χ0v) is 13.7. The van der Waals surface area contributed by atoms with Gasteiger partial charge in [-0.2, -0.15) is 0 Å². The molecule has 0 saturated carbocycles.